The molecule has 3 nitrogen and oxygen atoms in total. The van der Waals surface area contributed by atoms with Crippen LogP contribution in [0.5, 0.6) is 0 Å². The Morgan fingerprint density at radius 3 is 2.56 bits per heavy atom. The summed E-state index contributed by atoms with van der Waals surface area (Å²) in [6, 6.07) is 1.81. The summed E-state index contributed by atoms with van der Waals surface area (Å²) < 4.78 is 5.41. The normalized spacial score (nSPS) is 11.8. The van der Waals surface area contributed by atoms with Crippen molar-refractivity contribution in [2.24, 2.45) is 0 Å². The molecule has 0 saturated heterocycles. The van der Waals surface area contributed by atoms with Crippen molar-refractivity contribution < 1.29 is 4.74 Å². The third-order valence-electron chi connectivity index (χ3n) is 2.09. The molecule has 0 radical (unpaired) electrons. The molecule has 0 aromatic carbocycles. The highest BCUT2D eigenvalue weighted by atomic mass is 35.5. The number of hydrogen-bond donors (Lipinski definition) is 0. The number of halogens is 1. The first-order chi connectivity index (χ1) is 7.43. The number of ether oxygens (including phenoxy) is 1. The first-order valence-electron chi connectivity index (χ1n) is 5.55. The van der Waals surface area contributed by atoms with Crippen molar-refractivity contribution in [3.63, 3.8) is 0 Å². The standard InChI is InChI=1S/C12H19ClN2O/c1-5-6-16-8-11-14-9(12(2,3)4)7-10(13)15-11/h7H,5-6,8H2,1-4H3. The molecule has 0 spiro atoms. The molecule has 0 aliphatic carbocycles. The van der Waals surface area contributed by atoms with Crippen molar-refractivity contribution in [3.05, 3.63) is 22.7 Å². The number of hydrogen-bond acceptors (Lipinski definition) is 3. The van der Waals surface area contributed by atoms with E-state index in [0.717, 1.165) is 18.7 Å². The molecule has 4 heteroatoms. The number of nitrogens with zero attached hydrogens (tertiary/aromatic N) is 2. The predicted octanol–water partition coefficient (Wildman–Crippen LogP) is 3.35. The molecule has 1 aromatic heterocycles. The summed E-state index contributed by atoms with van der Waals surface area (Å²) in [5.41, 5.74) is 0.925. The van der Waals surface area contributed by atoms with Crippen LogP contribution in [-0.2, 0) is 16.8 Å². The van der Waals surface area contributed by atoms with Crippen LogP contribution in [0.2, 0.25) is 5.15 Å². The molecule has 0 atom stereocenters. The summed E-state index contributed by atoms with van der Waals surface area (Å²) in [5.74, 6) is 0.658. The molecule has 1 rings (SSSR count). The molecule has 90 valence electrons. The fourth-order valence-corrected chi connectivity index (χ4v) is 1.42. The highest BCUT2D eigenvalue weighted by molar-refractivity contribution is 6.29. The Kier molecular flexibility index (Phi) is 4.69. The lowest BCUT2D eigenvalue weighted by Crippen LogP contribution is -2.16. The van der Waals surface area contributed by atoms with E-state index in [0.29, 0.717) is 17.6 Å². The van der Waals surface area contributed by atoms with Crippen LogP contribution < -0.4 is 0 Å². The van der Waals surface area contributed by atoms with Gasteiger partial charge in [0.15, 0.2) is 5.82 Å². The first kappa shape index (κ1) is 13.4. The highest BCUT2D eigenvalue weighted by Crippen LogP contribution is 2.22. The van der Waals surface area contributed by atoms with Crippen LogP contribution in [0.25, 0.3) is 0 Å². The van der Waals surface area contributed by atoms with Gasteiger partial charge in [0, 0.05) is 12.0 Å². The minimum atomic E-state index is -0.0217. The van der Waals surface area contributed by atoms with Gasteiger partial charge in [-0.15, -0.1) is 0 Å². The summed E-state index contributed by atoms with van der Waals surface area (Å²) in [4.78, 5) is 8.60. The van der Waals surface area contributed by atoms with E-state index in [4.69, 9.17) is 16.3 Å². The highest BCUT2D eigenvalue weighted by Gasteiger charge is 2.17. The van der Waals surface area contributed by atoms with Gasteiger partial charge in [-0.2, -0.15) is 0 Å². The van der Waals surface area contributed by atoms with Gasteiger partial charge in [-0.05, 0) is 12.5 Å². The molecule has 0 unspecified atom stereocenters. The Morgan fingerprint density at radius 2 is 2.00 bits per heavy atom. The third-order valence-corrected chi connectivity index (χ3v) is 2.28. The minimum Gasteiger partial charge on any atom is -0.373 e. The Morgan fingerprint density at radius 1 is 1.31 bits per heavy atom. The molecule has 1 heterocycles. The second-order valence-corrected chi connectivity index (χ2v) is 5.18. The molecule has 0 bridgehead atoms. The summed E-state index contributed by atoms with van der Waals surface area (Å²) in [6.45, 7) is 9.52. The zero-order chi connectivity index (χ0) is 12.2. The van der Waals surface area contributed by atoms with Crippen molar-refractivity contribution in [1.29, 1.82) is 0 Å². The van der Waals surface area contributed by atoms with Gasteiger partial charge in [0.1, 0.15) is 11.8 Å². The minimum absolute atomic E-state index is 0.0217. The van der Waals surface area contributed by atoms with E-state index in [2.05, 4.69) is 37.7 Å². The average molecular weight is 243 g/mol. The van der Waals surface area contributed by atoms with Crippen molar-refractivity contribution in [3.8, 4) is 0 Å². The van der Waals surface area contributed by atoms with Gasteiger partial charge in [-0.3, -0.25) is 0 Å². The fourth-order valence-electron chi connectivity index (χ4n) is 1.22. The number of aromatic nitrogens is 2. The summed E-state index contributed by atoms with van der Waals surface area (Å²) in [5, 5.41) is 0.482. The molecule has 1 aromatic rings. The van der Waals surface area contributed by atoms with E-state index in [9.17, 15) is 0 Å². The summed E-state index contributed by atoms with van der Waals surface area (Å²) in [7, 11) is 0. The Bertz CT molecular complexity index is 347. The van der Waals surface area contributed by atoms with Crippen LogP contribution in [-0.4, -0.2) is 16.6 Å². The van der Waals surface area contributed by atoms with Gasteiger partial charge in [-0.25, -0.2) is 9.97 Å². The largest absolute Gasteiger partial charge is 0.373 e. The zero-order valence-electron chi connectivity index (χ0n) is 10.4. The Labute approximate surface area is 102 Å². The van der Waals surface area contributed by atoms with E-state index in [-0.39, 0.29) is 5.41 Å². The van der Waals surface area contributed by atoms with Gasteiger partial charge in [0.2, 0.25) is 0 Å². The van der Waals surface area contributed by atoms with E-state index < -0.39 is 0 Å². The van der Waals surface area contributed by atoms with E-state index >= 15 is 0 Å². The van der Waals surface area contributed by atoms with E-state index in [1.807, 2.05) is 6.07 Å². The van der Waals surface area contributed by atoms with Crippen molar-refractivity contribution in [2.75, 3.05) is 6.61 Å². The van der Waals surface area contributed by atoms with Gasteiger partial charge in [0.25, 0.3) is 0 Å². The van der Waals surface area contributed by atoms with Crippen LogP contribution in [0.4, 0.5) is 0 Å². The molecular formula is C12H19ClN2O. The lowest BCUT2D eigenvalue weighted by molar-refractivity contribution is 0.115. The SMILES string of the molecule is CCCOCc1nc(Cl)cc(C(C)(C)C)n1. The zero-order valence-corrected chi connectivity index (χ0v) is 11.1. The summed E-state index contributed by atoms with van der Waals surface area (Å²) >= 11 is 5.96. The molecule has 0 aliphatic rings. The van der Waals surface area contributed by atoms with Gasteiger partial charge >= 0.3 is 0 Å². The maximum Gasteiger partial charge on any atom is 0.155 e. The topological polar surface area (TPSA) is 35.0 Å². The van der Waals surface area contributed by atoms with Crippen LogP contribution in [0.15, 0.2) is 6.07 Å². The predicted molar refractivity (Wildman–Crippen MR) is 65.7 cm³/mol. The molecule has 0 aliphatic heterocycles. The third kappa shape index (κ3) is 4.06. The lowest BCUT2D eigenvalue weighted by Gasteiger charge is -2.18. The van der Waals surface area contributed by atoms with Crippen molar-refractivity contribution in [1.82, 2.24) is 9.97 Å². The molecule has 0 fully saturated rings. The Balaban J connectivity index is 2.82. The van der Waals surface area contributed by atoms with Crippen molar-refractivity contribution in [2.45, 2.75) is 46.1 Å². The molecule has 16 heavy (non-hydrogen) atoms. The van der Waals surface area contributed by atoms with Gasteiger partial charge in [-0.1, -0.05) is 39.3 Å². The van der Waals surface area contributed by atoms with Crippen LogP contribution in [0, 0.1) is 0 Å². The van der Waals surface area contributed by atoms with Crippen molar-refractivity contribution >= 4 is 11.6 Å². The second kappa shape index (κ2) is 5.60. The fraction of sp³-hybridized carbons (Fsp3) is 0.667. The molecule has 0 amide bonds. The second-order valence-electron chi connectivity index (χ2n) is 4.79. The molecule has 0 N–H and O–H groups in total. The average Bonchev–Trinajstić information content (AvgIpc) is 2.16. The first-order valence-corrected chi connectivity index (χ1v) is 5.93. The quantitative estimate of drug-likeness (QED) is 0.600. The van der Waals surface area contributed by atoms with Gasteiger partial charge in [0.05, 0.1) is 5.69 Å². The maximum absolute atomic E-state index is 5.96. The van der Waals surface area contributed by atoms with Gasteiger partial charge < -0.3 is 4.74 Å². The lowest BCUT2D eigenvalue weighted by atomic mass is 9.92. The molecule has 0 saturated carbocycles. The van der Waals surface area contributed by atoms with Crippen LogP contribution >= 0.6 is 11.6 Å². The van der Waals surface area contributed by atoms with E-state index in [1.165, 1.54) is 0 Å². The van der Waals surface area contributed by atoms with E-state index in [1.54, 1.807) is 0 Å². The van der Waals surface area contributed by atoms with Crippen LogP contribution in [0.1, 0.15) is 45.6 Å². The Hall–Kier alpha value is -0.670. The smallest absolute Gasteiger partial charge is 0.155 e. The molecular weight excluding hydrogens is 224 g/mol. The number of rotatable bonds is 4. The summed E-state index contributed by atoms with van der Waals surface area (Å²) in [6.07, 6.45) is 0.993. The van der Waals surface area contributed by atoms with Crippen LogP contribution in [0.3, 0.4) is 0 Å². The monoisotopic (exact) mass is 242 g/mol. The maximum atomic E-state index is 5.96.